The van der Waals surface area contributed by atoms with Crippen LogP contribution in [0.25, 0.3) is 11.4 Å². The van der Waals surface area contributed by atoms with Crippen LogP contribution in [0.4, 0.5) is 0 Å². The predicted molar refractivity (Wildman–Crippen MR) is 77.9 cm³/mol. The van der Waals surface area contributed by atoms with Gasteiger partial charge in [-0.2, -0.15) is 16.1 Å². The highest BCUT2D eigenvalue weighted by atomic mass is 35.5. The monoisotopic (exact) mass is 306 g/mol. The molecular formula is C13H11ClN4OS. The number of aryl methyl sites for hydroxylation is 1. The second-order valence-electron chi connectivity index (χ2n) is 4.16. The first kappa shape index (κ1) is 13.1. The largest absolute Gasteiger partial charge is 0.489 e. The maximum atomic E-state index is 6.04. The van der Waals surface area contributed by atoms with Gasteiger partial charge in [0.1, 0.15) is 12.4 Å². The van der Waals surface area contributed by atoms with E-state index in [0.29, 0.717) is 12.4 Å². The second kappa shape index (κ2) is 5.60. The summed E-state index contributed by atoms with van der Waals surface area (Å²) in [6, 6.07) is 7.59. The van der Waals surface area contributed by atoms with Crippen LogP contribution in [0.3, 0.4) is 0 Å². The van der Waals surface area contributed by atoms with E-state index in [1.54, 1.807) is 18.4 Å². The second-order valence-corrected chi connectivity index (χ2v) is 5.31. The van der Waals surface area contributed by atoms with Crippen molar-refractivity contribution >= 4 is 22.9 Å². The van der Waals surface area contributed by atoms with Crippen LogP contribution in [0, 0.1) is 0 Å². The molecule has 7 heteroatoms. The van der Waals surface area contributed by atoms with Crippen LogP contribution in [0.5, 0.6) is 5.75 Å². The Morgan fingerprint density at radius 1 is 1.35 bits per heavy atom. The first-order chi connectivity index (χ1) is 9.72. The van der Waals surface area contributed by atoms with Gasteiger partial charge in [0.2, 0.25) is 5.82 Å². The molecule has 0 amide bonds. The van der Waals surface area contributed by atoms with E-state index >= 15 is 0 Å². The van der Waals surface area contributed by atoms with Crippen LogP contribution in [-0.4, -0.2) is 20.2 Å². The average Bonchev–Trinajstić information content (AvgIpc) is 3.06. The van der Waals surface area contributed by atoms with E-state index in [1.165, 1.54) is 4.80 Å². The Kier molecular flexibility index (Phi) is 3.66. The molecule has 5 nitrogen and oxygen atoms in total. The van der Waals surface area contributed by atoms with E-state index in [-0.39, 0.29) is 0 Å². The number of benzene rings is 1. The highest BCUT2D eigenvalue weighted by Crippen LogP contribution is 2.24. The number of hydrogen-bond donors (Lipinski definition) is 0. The van der Waals surface area contributed by atoms with Gasteiger partial charge in [-0.05, 0) is 22.7 Å². The molecule has 3 rings (SSSR count). The minimum Gasteiger partial charge on any atom is -0.489 e. The molecule has 3 aromatic rings. The summed E-state index contributed by atoms with van der Waals surface area (Å²) in [4.78, 5) is 1.42. The summed E-state index contributed by atoms with van der Waals surface area (Å²) in [6.07, 6.45) is 0. The molecule has 0 fully saturated rings. The molecule has 0 radical (unpaired) electrons. The minimum atomic E-state index is 0.444. The van der Waals surface area contributed by atoms with Gasteiger partial charge in [0, 0.05) is 16.5 Å². The zero-order valence-corrected chi connectivity index (χ0v) is 12.2. The van der Waals surface area contributed by atoms with Crippen molar-refractivity contribution in [1.82, 2.24) is 20.2 Å². The number of rotatable bonds is 4. The van der Waals surface area contributed by atoms with E-state index in [4.69, 9.17) is 16.3 Å². The molecule has 0 bridgehead atoms. The van der Waals surface area contributed by atoms with Crippen LogP contribution >= 0.6 is 22.9 Å². The van der Waals surface area contributed by atoms with Gasteiger partial charge in [0.05, 0.1) is 12.1 Å². The van der Waals surface area contributed by atoms with Crippen molar-refractivity contribution in [2.24, 2.45) is 7.05 Å². The molecule has 0 aliphatic heterocycles. The first-order valence-electron chi connectivity index (χ1n) is 5.90. The van der Waals surface area contributed by atoms with Gasteiger partial charge in [-0.25, -0.2) is 0 Å². The molecule has 0 N–H and O–H groups in total. The summed E-state index contributed by atoms with van der Waals surface area (Å²) in [7, 11) is 1.73. The molecule has 2 aromatic heterocycles. The lowest BCUT2D eigenvalue weighted by Gasteiger charge is -2.06. The molecule has 0 saturated carbocycles. The maximum Gasteiger partial charge on any atom is 0.205 e. The summed E-state index contributed by atoms with van der Waals surface area (Å²) in [5.74, 6) is 1.32. The Balaban J connectivity index is 1.76. The molecule has 0 saturated heterocycles. The molecule has 1 aromatic carbocycles. The number of ether oxygens (including phenoxy) is 1. The molecule has 0 unspecified atom stereocenters. The first-order valence-corrected chi connectivity index (χ1v) is 7.22. The third kappa shape index (κ3) is 2.81. The van der Waals surface area contributed by atoms with Crippen molar-refractivity contribution in [3.8, 4) is 17.1 Å². The maximum absolute atomic E-state index is 6.04. The van der Waals surface area contributed by atoms with E-state index < -0.39 is 0 Å². The minimum absolute atomic E-state index is 0.444. The average molecular weight is 307 g/mol. The number of tetrazole rings is 1. The van der Waals surface area contributed by atoms with Crippen LogP contribution < -0.4 is 4.74 Å². The highest BCUT2D eigenvalue weighted by Gasteiger charge is 2.07. The van der Waals surface area contributed by atoms with E-state index in [0.717, 1.165) is 21.9 Å². The summed E-state index contributed by atoms with van der Waals surface area (Å²) >= 11 is 7.60. The fourth-order valence-corrected chi connectivity index (χ4v) is 2.72. The molecule has 20 heavy (non-hydrogen) atoms. The zero-order chi connectivity index (χ0) is 13.9. The van der Waals surface area contributed by atoms with Crippen LogP contribution in [0.1, 0.15) is 5.56 Å². The summed E-state index contributed by atoms with van der Waals surface area (Å²) in [5, 5.41) is 16.6. The van der Waals surface area contributed by atoms with Crippen molar-refractivity contribution in [2.45, 2.75) is 6.61 Å². The summed E-state index contributed by atoms with van der Waals surface area (Å²) in [6.45, 7) is 0.444. The van der Waals surface area contributed by atoms with Gasteiger partial charge in [-0.3, -0.25) is 0 Å². The fourth-order valence-electron chi connectivity index (χ4n) is 1.70. The number of halogens is 1. The lowest BCUT2D eigenvalue weighted by molar-refractivity contribution is 0.307. The van der Waals surface area contributed by atoms with Gasteiger partial charge >= 0.3 is 0 Å². The number of nitrogens with zero attached hydrogens (tertiary/aromatic N) is 4. The van der Waals surface area contributed by atoms with E-state index in [9.17, 15) is 0 Å². The Morgan fingerprint density at radius 3 is 2.95 bits per heavy atom. The van der Waals surface area contributed by atoms with Gasteiger partial charge in [-0.1, -0.05) is 23.7 Å². The van der Waals surface area contributed by atoms with Crippen molar-refractivity contribution in [3.63, 3.8) is 0 Å². The van der Waals surface area contributed by atoms with Gasteiger partial charge in [-0.15, -0.1) is 10.2 Å². The topological polar surface area (TPSA) is 52.8 Å². The van der Waals surface area contributed by atoms with Crippen molar-refractivity contribution in [1.29, 1.82) is 0 Å². The third-order valence-corrected chi connectivity index (χ3v) is 3.96. The number of hydrogen-bond acceptors (Lipinski definition) is 5. The number of aromatic nitrogens is 4. The molecule has 0 atom stereocenters. The standard InChI is InChI=1S/C13H11ClN4OS/c1-18-16-13(15-17-18)9-3-2-4-11(5-9)19-6-10-7-20-8-12(10)14/h2-5,7-8H,6H2,1H3. The Morgan fingerprint density at radius 2 is 2.25 bits per heavy atom. The van der Waals surface area contributed by atoms with E-state index in [1.807, 2.05) is 35.0 Å². The molecule has 102 valence electrons. The Bertz CT molecular complexity index is 724. The Hall–Kier alpha value is -1.92. The smallest absolute Gasteiger partial charge is 0.205 e. The van der Waals surface area contributed by atoms with Gasteiger partial charge < -0.3 is 4.74 Å². The molecule has 0 spiro atoms. The predicted octanol–water partition coefficient (Wildman–Crippen LogP) is 3.17. The summed E-state index contributed by atoms with van der Waals surface area (Å²) in [5.41, 5.74) is 1.85. The molecular weight excluding hydrogens is 296 g/mol. The SMILES string of the molecule is Cn1nnc(-c2cccc(OCc3cscc3Cl)c2)n1. The van der Waals surface area contributed by atoms with Crippen molar-refractivity contribution < 1.29 is 4.74 Å². The van der Waals surface area contributed by atoms with Crippen LogP contribution in [0.2, 0.25) is 5.02 Å². The lowest BCUT2D eigenvalue weighted by Crippen LogP contribution is -1.95. The molecule has 2 heterocycles. The lowest BCUT2D eigenvalue weighted by atomic mass is 10.2. The zero-order valence-electron chi connectivity index (χ0n) is 10.7. The Labute approximate surface area is 124 Å². The number of thiophene rings is 1. The normalized spacial score (nSPS) is 10.7. The summed E-state index contributed by atoms with van der Waals surface area (Å²) < 4.78 is 5.74. The highest BCUT2D eigenvalue weighted by molar-refractivity contribution is 7.08. The molecule has 0 aliphatic carbocycles. The molecule has 0 aliphatic rings. The van der Waals surface area contributed by atoms with E-state index in [2.05, 4.69) is 15.4 Å². The fraction of sp³-hybridized carbons (Fsp3) is 0.154. The van der Waals surface area contributed by atoms with Crippen molar-refractivity contribution in [2.75, 3.05) is 0 Å². The quantitative estimate of drug-likeness (QED) is 0.743. The van der Waals surface area contributed by atoms with Gasteiger partial charge in [0.25, 0.3) is 0 Å². The van der Waals surface area contributed by atoms with Crippen molar-refractivity contribution in [3.05, 3.63) is 45.6 Å². The third-order valence-electron chi connectivity index (χ3n) is 2.68. The van der Waals surface area contributed by atoms with Crippen LogP contribution in [-0.2, 0) is 13.7 Å². The van der Waals surface area contributed by atoms with Crippen LogP contribution in [0.15, 0.2) is 35.0 Å². The van der Waals surface area contributed by atoms with Gasteiger partial charge in [0.15, 0.2) is 0 Å².